The standard InChI is InChI=1S/C74H45NS2/c1-2-21-51-49(19-1)50-20-3-4-22-52(50)56-45-47(41-44-53(51)56)46-39-42-48(43-40-46)75(65-33-17-31-63-71(65)54-23-5-7-25-57(54)73(63)59-27-9-13-35-67(59)76-68-36-14-10-28-60(68)73)66-34-18-32-64-72(66)55-24-6-8-26-58(55)74(64)61-29-11-15-37-69(61)77-70-38-16-12-30-62(70)74/h1-45H. The van der Waals surface area contributed by atoms with Crippen molar-refractivity contribution in [1.82, 2.24) is 0 Å². The highest BCUT2D eigenvalue weighted by atomic mass is 32.2. The van der Waals surface area contributed by atoms with Crippen LogP contribution in [0.3, 0.4) is 0 Å². The molecule has 0 aromatic heterocycles. The van der Waals surface area contributed by atoms with Crippen molar-refractivity contribution in [1.29, 1.82) is 0 Å². The van der Waals surface area contributed by atoms with Gasteiger partial charge in [0.05, 0.1) is 22.2 Å². The van der Waals surface area contributed by atoms with Crippen LogP contribution in [0.15, 0.2) is 293 Å². The van der Waals surface area contributed by atoms with Crippen molar-refractivity contribution in [2.45, 2.75) is 30.4 Å². The zero-order chi connectivity index (χ0) is 50.4. The van der Waals surface area contributed by atoms with Crippen LogP contribution in [0.1, 0.15) is 44.5 Å². The molecule has 0 fully saturated rings. The molecule has 0 N–H and O–H groups in total. The molecule has 0 saturated carbocycles. The molecule has 77 heavy (non-hydrogen) atoms. The van der Waals surface area contributed by atoms with Gasteiger partial charge in [0.25, 0.3) is 0 Å². The molecule has 4 aliphatic rings. The Labute approximate surface area is 456 Å². The molecule has 0 unspecified atom stereocenters. The molecular weight excluding hydrogens is 967 g/mol. The molecule has 2 spiro atoms. The summed E-state index contributed by atoms with van der Waals surface area (Å²) in [6.45, 7) is 0. The Balaban J connectivity index is 0.939. The maximum atomic E-state index is 2.61. The van der Waals surface area contributed by atoms with Gasteiger partial charge < -0.3 is 4.90 Å². The summed E-state index contributed by atoms with van der Waals surface area (Å²) >= 11 is 3.79. The lowest BCUT2D eigenvalue weighted by atomic mass is 9.67. The van der Waals surface area contributed by atoms with E-state index in [0.717, 1.165) is 17.1 Å². The van der Waals surface area contributed by atoms with Crippen LogP contribution in [0.2, 0.25) is 0 Å². The number of fused-ring (bicyclic) bond motifs is 24. The molecule has 13 aromatic rings. The molecule has 2 heterocycles. The van der Waals surface area contributed by atoms with E-state index >= 15 is 0 Å². The molecule has 0 radical (unpaired) electrons. The maximum absolute atomic E-state index is 2.61. The number of hydrogen-bond acceptors (Lipinski definition) is 3. The van der Waals surface area contributed by atoms with Gasteiger partial charge in [-0.3, -0.25) is 0 Å². The van der Waals surface area contributed by atoms with Gasteiger partial charge in [-0.15, -0.1) is 0 Å². The first-order chi connectivity index (χ1) is 38.2. The molecule has 0 bridgehead atoms. The molecule has 2 aliphatic heterocycles. The summed E-state index contributed by atoms with van der Waals surface area (Å²) in [4.78, 5) is 7.81. The van der Waals surface area contributed by atoms with Crippen LogP contribution in [-0.2, 0) is 10.8 Å². The summed E-state index contributed by atoms with van der Waals surface area (Å²) in [5.74, 6) is 0. The first-order valence-electron chi connectivity index (χ1n) is 26.7. The molecule has 17 rings (SSSR count). The highest BCUT2D eigenvalue weighted by molar-refractivity contribution is 7.99. The zero-order valence-electron chi connectivity index (χ0n) is 41.7. The van der Waals surface area contributed by atoms with Crippen LogP contribution >= 0.6 is 23.5 Å². The number of nitrogens with zero attached hydrogens (tertiary/aromatic N) is 1. The first kappa shape index (κ1) is 43.4. The van der Waals surface area contributed by atoms with Gasteiger partial charge in [-0.2, -0.15) is 0 Å². The Morgan fingerprint density at radius 1 is 0.247 bits per heavy atom. The van der Waals surface area contributed by atoms with E-state index < -0.39 is 10.8 Å². The van der Waals surface area contributed by atoms with E-state index in [9.17, 15) is 0 Å². The predicted molar refractivity (Wildman–Crippen MR) is 322 cm³/mol. The fourth-order valence-corrected chi connectivity index (χ4v) is 16.8. The highest BCUT2D eigenvalue weighted by Gasteiger charge is 2.53. The lowest BCUT2D eigenvalue weighted by Gasteiger charge is -2.40. The molecule has 2 aliphatic carbocycles. The lowest BCUT2D eigenvalue weighted by Crippen LogP contribution is -2.32. The minimum Gasteiger partial charge on any atom is -0.309 e. The van der Waals surface area contributed by atoms with Gasteiger partial charge in [0.15, 0.2) is 0 Å². The molecule has 0 amide bonds. The van der Waals surface area contributed by atoms with E-state index in [2.05, 4.69) is 278 Å². The van der Waals surface area contributed by atoms with Gasteiger partial charge in [-0.1, -0.05) is 242 Å². The first-order valence-corrected chi connectivity index (χ1v) is 28.3. The quantitative estimate of drug-likeness (QED) is 0.162. The largest absolute Gasteiger partial charge is 0.309 e. The Morgan fingerprint density at radius 2 is 0.584 bits per heavy atom. The molecule has 3 heteroatoms. The summed E-state index contributed by atoms with van der Waals surface area (Å²) in [6.07, 6.45) is 0. The average Bonchev–Trinajstić information content (AvgIpc) is 3.79. The van der Waals surface area contributed by atoms with E-state index in [1.807, 2.05) is 23.5 Å². The number of hydrogen-bond donors (Lipinski definition) is 0. The van der Waals surface area contributed by atoms with Crippen molar-refractivity contribution in [3.63, 3.8) is 0 Å². The summed E-state index contributed by atoms with van der Waals surface area (Å²) < 4.78 is 0. The average molecular weight is 1010 g/mol. The van der Waals surface area contributed by atoms with E-state index in [1.54, 1.807) is 0 Å². The third kappa shape index (κ3) is 5.77. The third-order valence-electron chi connectivity index (χ3n) is 17.4. The Bertz CT molecular complexity index is 4340. The van der Waals surface area contributed by atoms with Crippen molar-refractivity contribution < 1.29 is 0 Å². The summed E-state index contributed by atoms with van der Waals surface area (Å²) in [5, 5.41) is 7.70. The van der Waals surface area contributed by atoms with Gasteiger partial charge in [-0.25, -0.2) is 0 Å². The summed E-state index contributed by atoms with van der Waals surface area (Å²) in [5.41, 5.74) is 20.4. The van der Waals surface area contributed by atoms with Crippen LogP contribution in [-0.4, -0.2) is 0 Å². The van der Waals surface area contributed by atoms with Gasteiger partial charge in [-0.05, 0) is 154 Å². The van der Waals surface area contributed by atoms with Crippen molar-refractivity contribution >= 4 is 72.9 Å². The van der Waals surface area contributed by atoms with Gasteiger partial charge >= 0.3 is 0 Å². The lowest BCUT2D eigenvalue weighted by molar-refractivity contribution is 0.722. The second-order valence-corrected chi connectivity index (χ2v) is 23.1. The zero-order valence-corrected chi connectivity index (χ0v) is 43.4. The van der Waals surface area contributed by atoms with Crippen LogP contribution in [0.25, 0.3) is 65.7 Å². The topological polar surface area (TPSA) is 3.24 Å². The van der Waals surface area contributed by atoms with Gasteiger partial charge in [0.1, 0.15) is 0 Å². The fraction of sp³-hybridized carbons (Fsp3) is 0.0270. The van der Waals surface area contributed by atoms with Crippen LogP contribution < -0.4 is 4.90 Å². The third-order valence-corrected chi connectivity index (χ3v) is 19.7. The van der Waals surface area contributed by atoms with Crippen molar-refractivity contribution in [3.05, 3.63) is 317 Å². The fourth-order valence-electron chi connectivity index (χ4n) is 14.4. The van der Waals surface area contributed by atoms with E-state index in [1.165, 1.54) is 130 Å². The molecular formula is C74H45NS2. The summed E-state index contributed by atoms with van der Waals surface area (Å²) in [6, 6.07) is 103. The van der Waals surface area contributed by atoms with E-state index in [0.29, 0.717) is 0 Å². The van der Waals surface area contributed by atoms with Crippen LogP contribution in [0.4, 0.5) is 17.1 Å². The number of benzene rings is 13. The highest BCUT2D eigenvalue weighted by Crippen LogP contribution is 2.67. The smallest absolute Gasteiger partial charge is 0.0736 e. The van der Waals surface area contributed by atoms with Gasteiger partial charge in [0.2, 0.25) is 0 Å². The monoisotopic (exact) mass is 1010 g/mol. The molecule has 13 aromatic carbocycles. The SMILES string of the molecule is c1ccc2c(c1)Sc1ccccc1C21c2ccccc2-c2c(N(c3ccc(-c4ccc5c6ccccc6c6ccccc6c5c4)cc3)c3cccc4c3-c3ccccc3C43c4ccccc4Sc4ccccc43)cccc21. The van der Waals surface area contributed by atoms with E-state index in [-0.39, 0.29) is 0 Å². The molecule has 0 saturated heterocycles. The molecule has 358 valence electrons. The minimum absolute atomic E-state index is 0.524. The maximum Gasteiger partial charge on any atom is 0.0736 e. The van der Waals surface area contributed by atoms with Crippen molar-refractivity contribution in [2.75, 3.05) is 4.90 Å². The Morgan fingerprint density at radius 3 is 1.03 bits per heavy atom. The Hall–Kier alpha value is -8.86. The van der Waals surface area contributed by atoms with Gasteiger partial charge in [0, 0.05) is 36.4 Å². The predicted octanol–water partition coefficient (Wildman–Crippen LogP) is 19.9. The second-order valence-electron chi connectivity index (χ2n) is 20.9. The number of rotatable bonds is 4. The van der Waals surface area contributed by atoms with Crippen molar-refractivity contribution in [3.8, 4) is 33.4 Å². The second kappa shape index (κ2) is 16.3. The van der Waals surface area contributed by atoms with Crippen LogP contribution in [0, 0.1) is 0 Å². The van der Waals surface area contributed by atoms with Crippen LogP contribution in [0.5, 0.6) is 0 Å². The normalized spacial score (nSPS) is 14.3. The van der Waals surface area contributed by atoms with Crippen molar-refractivity contribution in [2.24, 2.45) is 0 Å². The number of anilines is 3. The summed E-state index contributed by atoms with van der Waals surface area (Å²) in [7, 11) is 0. The molecule has 1 nitrogen and oxygen atoms in total. The van der Waals surface area contributed by atoms with E-state index in [4.69, 9.17) is 0 Å². The minimum atomic E-state index is -0.524. The molecule has 0 atom stereocenters. The Kier molecular flexibility index (Phi) is 9.20.